The zero-order valence-electron chi connectivity index (χ0n) is 18.6. The van der Waals surface area contributed by atoms with Gasteiger partial charge in [-0.3, -0.25) is 4.79 Å². The van der Waals surface area contributed by atoms with Crippen LogP contribution in [0.2, 0.25) is 0 Å². The van der Waals surface area contributed by atoms with Crippen molar-refractivity contribution in [2.24, 2.45) is 0 Å². The van der Waals surface area contributed by atoms with Crippen molar-refractivity contribution in [3.05, 3.63) is 107 Å². The van der Waals surface area contributed by atoms with Crippen LogP contribution < -0.4 is 14.8 Å². The second-order valence-electron chi connectivity index (χ2n) is 7.49. The summed E-state index contributed by atoms with van der Waals surface area (Å²) >= 11 is 0. The Balaban J connectivity index is 1.46. The molecule has 7 nitrogen and oxygen atoms in total. The molecule has 0 radical (unpaired) electrons. The Hall–Kier alpha value is -4.13. The minimum atomic E-state index is -0.270. The van der Waals surface area contributed by atoms with Gasteiger partial charge in [0.2, 0.25) is 0 Å². The van der Waals surface area contributed by atoms with Gasteiger partial charge in [-0.15, -0.1) is 5.10 Å². The Bertz CT molecular complexity index is 1150. The lowest BCUT2D eigenvalue weighted by molar-refractivity contribution is 0.0949. The van der Waals surface area contributed by atoms with E-state index < -0.39 is 0 Å². The Kier molecular flexibility index (Phi) is 6.99. The van der Waals surface area contributed by atoms with Gasteiger partial charge in [0.15, 0.2) is 5.69 Å². The molecule has 0 fully saturated rings. The second kappa shape index (κ2) is 10.5. The fourth-order valence-electron chi connectivity index (χ4n) is 3.74. The molecule has 0 aliphatic heterocycles. The molecule has 0 bridgehead atoms. The summed E-state index contributed by atoms with van der Waals surface area (Å²) in [5, 5.41) is 11.3. The van der Waals surface area contributed by atoms with Crippen LogP contribution >= 0.6 is 0 Å². The smallest absolute Gasteiger partial charge is 0.273 e. The molecule has 33 heavy (non-hydrogen) atoms. The number of carbonyl (C=O) groups excluding carboxylic acids is 1. The van der Waals surface area contributed by atoms with Gasteiger partial charge in [-0.05, 0) is 29.2 Å². The normalized spacial score (nSPS) is 10.8. The fourth-order valence-corrected chi connectivity index (χ4v) is 3.74. The van der Waals surface area contributed by atoms with E-state index in [2.05, 4.69) is 15.6 Å². The second-order valence-corrected chi connectivity index (χ2v) is 7.49. The summed E-state index contributed by atoms with van der Waals surface area (Å²) in [5.74, 6) is 1.18. The molecule has 4 rings (SSSR count). The van der Waals surface area contributed by atoms with E-state index in [0.29, 0.717) is 13.0 Å². The topological polar surface area (TPSA) is 78.3 Å². The molecule has 0 atom stereocenters. The number of methoxy groups -OCH3 is 2. The standard InChI is InChI=1S/C26H26N4O3/c1-32-22-14-13-19(24(17-22)33-2)15-16-27-26(31)23-18-30(29-28-23)25(20-9-5-3-6-10-20)21-11-7-4-8-12-21/h3-14,17-18,25H,15-16H2,1-2H3,(H,27,31). The average Bonchev–Trinajstić information content (AvgIpc) is 3.35. The summed E-state index contributed by atoms with van der Waals surface area (Å²) < 4.78 is 12.4. The van der Waals surface area contributed by atoms with E-state index in [1.165, 1.54) is 0 Å². The first-order valence-corrected chi connectivity index (χ1v) is 10.7. The van der Waals surface area contributed by atoms with Crippen molar-refractivity contribution in [2.45, 2.75) is 12.5 Å². The SMILES string of the molecule is COc1ccc(CCNC(=O)c2cn(C(c3ccccc3)c3ccccc3)nn2)c(OC)c1. The fraction of sp³-hybridized carbons (Fsp3) is 0.192. The lowest BCUT2D eigenvalue weighted by Crippen LogP contribution is -2.26. The molecule has 7 heteroatoms. The number of rotatable bonds is 9. The predicted octanol–water partition coefficient (Wildman–Crippen LogP) is 3.91. The maximum Gasteiger partial charge on any atom is 0.273 e. The van der Waals surface area contributed by atoms with Crippen molar-refractivity contribution in [3.63, 3.8) is 0 Å². The molecule has 0 saturated carbocycles. The molecule has 0 aliphatic carbocycles. The van der Waals surface area contributed by atoms with Crippen molar-refractivity contribution < 1.29 is 14.3 Å². The van der Waals surface area contributed by atoms with Gasteiger partial charge in [-0.1, -0.05) is 71.9 Å². The van der Waals surface area contributed by atoms with E-state index >= 15 is 0 Å². The largest absolute Gasteiger partial charge is 0.497 e. The van der Waals surface area contributed by atoms with Gasteiger partial charge in [-0.25, -0.2) is 4.68 Å². The van der Waals surface area contributed by atoms with E-state index in [1.54, 1.807) is 25.1 Å². The van der Waals surface area contributed by atoms with Crippen molar-refractivity contribution in [1.29, 1.82) is 0 Å². The summed E-state index contributed by atoms with van der Waals surface area (Å²) in [5.41, 5.74) is 3.38. The molecule has 1 N–H and O–H groups in total. The summed E-state index contributed by atoms with van der Waals surface area (Å²) in [7, 11) is 3.23. The van der Waals surface area contributed by atoms with Crippen LogP contribution in [0.3, 0.4) is 0 Å². The van der Waals surface area contributed by atoms with Crippen molar-refractivity contribution in [1.82, 2.24) is 20.3 Å². The Morgan fingerprint density at radius 2 is 1.61 bits per heavy atom. The molecule has 0 saturated heterocycles. The molecule has 4 aromatic rings. The van der Waals surface area contributed by atoms with Crippen molar-refractivity contribution in [2.75, 3.05) is 20.8 Å². The van der Waals surface area contributed by atoms with Crippen molar-refractivity contribution in [3.8, 4) is 11.5 Å². The van der Waals surface area contributed by atoms with Gasteiger partial charge in [0, 0.05) is 12.6 Å². The van der Waals surface area contributed by atoms with E-state index in [0.717, 1.165) is 28.2 Å². The van der Waals surface area contributed by atoms with Gasteiger partial charge in [0.25, 0.3) is 5.91 Å². The highest BCUT2D eigenvalue weighted by molar-refractivity contribution is 5.91. The molecule has 1 aromatic heterocycles. The predicted molar refractivity (Wildman–Crippen MR) is 126 cm³/mol. The quantitative estimate of drug-likeness (QED) is 0.425. The Labute approximate surface area is 193 Å². The molecular formula is C26H26N4O3. The monoisotopic (exact) mass is 442 g/mol. The van der Waals surface area contributed by atoms with Gasteiger partial charge < -0.3 is 14.8 Å². The van der Waals surface area contributed by atoms with E-state index in [1.807, 2.05) is 78.9 Å². The summed E-state index contributed by atoms with van der Waals surface area (Å²) in [6.45, 7) is 0.440. The Morgan fingerprint density at radius 3 is 2.21 bits per heavy atom. The van der Waals surface area contributed by atoms with Crippen LogP contribution in [-0.4, -0.2) is 41.7 Å². The zero-order chi connectivity index (χ0) is 23.0. The van der Waals surface area contributed by atoms with Crippen molar-refractivity contribution >= 4 is 5.91 Å². The van der Waals surface area contributed by atoms with Crippen LogP contribution in [0, 0.1) is 0 Å². The molecule has 3 aromatic carbocycles. The lowest BCUT2D eigenvalue weighted by atomic mass is 9.99. The highest BCUT2D eigenvalue weighted by atomic mass is 16.5. The maximum atomic E-state index is 12.7. The van der Waals surface area contributed by atoms with Gasteiger partial charge >= 0.3 is 0 Å². The minimum absolute atomic E-state index is 0.176. The first-order chi connectivity index (χ1) is 16.2. The van der Waals surface area contributed by atoms with Gasteiger partial charge in [-0.2, -0.15) is 0 Å². The number of hydrogen-bond donors (Lipinski definition) is 1. The van der Waals surface area contributed by atoms with E-state index in [-0.39, 0.29) is 17.6 Å². The first kappa shape index (κ1) is 22.1. The van der Waals surface area contributed by atoms with Gasteiger partial charge in [0.1, 0.15) is 17.5 Å². The van der Waals surface area contributed by atoms with Crippen LogP contribution in [-0.2, 0) is 6.42 Å². The van der Waals surface area contributed by atoms with Crippen LogP contribution in [0.4, 0.5) is 0 Å². The lowest BCUT2D eigenvalue weighted by Gasteiger charge is -2.17. The number of hydrogen-bond acceptors (Lipinski definition) is 5. The maximum absolute atomic E-state index is 12.7. The van der Waals surface area contributed by atoms with Crippen LogP contribution in [0.5, 0.6) is 11.5 Å². The van der Waals surface area contributed by atoms with Crippen LogP contribution in [0.15, 0.2) is 85.1 Å². The number of nitrogens with zero attached hydrogens (tertiary/aromatic N) is 3. The van der Waals surface area contributed by atoms with Crippen LogP contribution in [0.25, 0.3) is 0 Å². The van der Waals surface area contributed by atoms with E-state index in [9.17, 15) is 4.79 Å². The molecular weight excluding hydrogens is 416 g/mol. The number of benzene rings is 3. The third-order valence-corrected chi connectivity index (χ3v) is 5.41. The number of carbonyl (C=O) groups is 1. The Morgan fingerprint density at radius 1 is 0.939 bits per heavy atom. The minimum Gasteiger partial charge on any atom is -0.497 e. The first-order valence-electron chi connectivity index (χ1n) is 10.7. The van der Waals surface area contributed by atoms with E-state index in [4.69, 9.17) is 9.47 Å². The number of ether oxygens (including phenoxy) is 2. The third-order valence-electron chi connectivity index (χ3n) is 5.41. The summed E-state index contributed by atoms with van der Waals surface area (Å²) in [4.78, 5) is 12.7. The third kappa shape index (κ3) is 5.20. The number of nitrogens with one attached hydrogen (secondary N) is 1. The van der Waals surface area contributed by atoms with Crippen LogP contribution in [0.1, 0.15) is 33.2 Å². The average molecular weight is 443 g/mol. The summed E-state index contributed by atoms with van der Waals surface area (Å²) in [6.07, 6.45) is 2.30. The molecule has 1 heterocycles. The number of aromatic nitrogens is 3. The zero-order valence-corrected chi connectivity index (χ0v) is 18.6. The van der Waals surface area contributed by atoms with Gasteiger partial charge in [0.05, 0.1) is 20.4 Å². The highest BCUT2D eigenvalue weighted by Gasteiger charge is 2.20. The highest BCUT2D eigenvalue weighted by Crippen LogP contribution is 2.26. The molecule has 0 aliphatic rings. The molecule has 0 spiro atoms. The molecule has 1 amide bonds. The number of amides is 1. The summed E-state index contributed by atoms with van der Waals surface area (Å²) in [6, 6.07) is 25.5. The molecule has 168 valence electrons. The molecule has 0 unspecified atom stereocenters.